The summed E-state index contributed by atoms with van der Waals surface area (Å²) in [5, 5.41) is 2.70. The number of halogens is 1. The fourth-order valence-corrected chi connectivity index (χ4v) is 1.34. The Morgan fingerprint density at radius 1 is 1.53 bits per heavy atom. The number of hydrogen-bond acceptors (Lipinski definition) is 2. The molecule has 0 atom stereocenters. The van der Waals surface area contributed by atoms with Gasteiger partial charge in [-0.15, -0.1) is 0 Å². The Balaban J connectivity index is 2.65. The summed E-state index contributed by atoms with van der Waals surface area (Å²) in [5.74, 6) is -0.600. The van der Waals surface area contributed by atoms with Crippen LogP contribution >= 0.6 is 12.2 Å². The van der Waals surface area contributed by atoms with Gasteiger partial charge in [-0.1, -0.05) is 24.4 Å². The molecule has 0 radical (unpaired) electrons. The van der Waals surface area contributed by atoms with E-state index in [0.29, 0.717) is 5.56 Å². The van der Waals surface area contributed by atoms with Crippen molar-refractivity contribution < 1.29 is 9.18 Å². The Morgan fingerprint density at radius 2 is 2.18 bits per heavy atom. The maximum atomic E-state index is 12.9. The second-order valence-electron chi connectivity index (χ2n) is 4.34. The smallest absolute Gasteiger partial charge is 0.225 e. The molecular formula is C12H15FN2OS. The molecule has 0 bridgehead atoms. The van der Waals surface area contributed by atoms with Gasteiger partial charge < -0.3 is 11.1 Å². The van der Waals surface area contributed by atoms with Gasteiger partial charge in [0.15, 0.2) is 0 Å². The topological polar surface area (TPSA) is 55.1 Å². The third kappa shape index (κ3) is 4.11. The number of nitrogens with one attached hydrogen (secondary N) is 1. The Kier molecular flexibility index (Phi) is 4.17. The zero-order valence-electron chi connectivity index (χ0n) is 9.79. The predicted octanol–water partition coefficient (Wildman–Crippen LogP) is 1.55. The van der Waals surface area contributed by atoms with Crippen molar-refractivity contribution in [1.82, 2.24) is 5.32 Å². The normalized spacial score (nSPS) is 11.0. The molecule has 0 aromatic heterocycles. The Bertz CT molecular complexity index is 446. The number of amides is 1. The SMILES string of the molecule is CC(C)(NC(=O)Cc1cccc(F)c1)C(N)=S. The largest absolute Gasteiger partial charge is 0.391 e. The molecule has 0 aliphatic carbocycles. The summed E-state index contributed by atoms with van der Waals surface area (Å²) in [6.07, 6.45) is 0.101. The molecule has 1 amide bonds. The average molecular weight is 254 g/mol. The van der Waals surface area contributed by atoms with Crippen molar-refractivity contribution >= 4 is 23.1 Å². The summed E-state index contributed by atoms with van der Waals surface area (Å²) in [5.41, 5.74) is 5.37. The van der Waals surface area contributed by atoms with Crippen LogP contribution in [0.5, 0.6) is 0 Å². The molecule has 5 heteroatoms. The van der Waals surface area contributed by atoms with Crippen molar-refractivity contribution in [3.8, 4) is 0 Å². The zero-order valence-corrected chi connectivity index (χ0v) is 10.6. The molecule has 1 aromatic rings. The monoisotopic (exact) mass is 254 g/mol. The van der Waals surface area contributed by atoms with Gasteiger partial charge in [0.25, 0.3) is 0 Å². The van der Waals surface area contributed by atoms with Gasteiger partial charge in [0.05, 0.1) is 16.9 Å². The third-order valence-corrected chi connectivity index (χ3v) is 2.83. The van der Waals surface area contributed by atoms with Crippen LogP contribution in [0.2, 0.25) is 0 Å². The lowest BCUT2D eigenvalue weighted by molar-refractivity contribution is -0.121. The number of nitrogens with two attached hydrogens (primary N) is 1. The second-order valence-corrected chi connectivity index (χ2v) is 4.78. The van der Waals surface area contributed by atoms with Gasteiger partial charge in [-0.3, -0.25) is 4.79 Å². The van der Waals surface area contributed by atoms with Crippen molar-refractivity contribution in [3.63, 3.8) is 0 Å². The van der Waals surface area contributed by atoms with E-state index < -0.39 is 5.54 Å². The molecule has 0 heterocycles. The van der Waals surface area contributed by atoms with E-state index in [-0.39, 0.29) is 23.1 Å². The zero-order chi connectivity index (χ0) is 13.1. The average Bonchev–Trinajstić information content (AvgIpc) is 2.15. The maximum absolute atomic E-state index is 12.9. The summed E-state index contributed by atoms with van der Waals surface area (Å²) in [6.45, 7) is 3.44. The number of carbonyl (C=O) groups excluding carboxylic acids is 1. The van der Waals surface area contributed by atoms with Crippen LogP contribution in [0.4, 0.5) is 4.39 Å². The highest BCUT2D eigenvalue weighted by Gasteiger charge is 2.23. The van der Waals surface area contributed by atoms with Gasteiger partial charge in [0.2, 0.25) is 5.91 Å². The molecule has 0 fully saturated rings. The minimum absolute atomic E-state index is 0.101. The number of benzene rings is 1. The Labute approximate surface area is 105 Å². The lowest BCUT2D eigenvalue weighted by atomic mass is 10.0. The lowest BCUT2D eigenvalue weighted by Crippen LogP contribution is -2.52. The summed E-state index contributed by atoms with van der Waals surface area (Å²) in [4.78, 5) is 11.9. The van der Waals surface area contributed by atoms with E-state index in [2.05, 4.69) is 5.32 Å². The fourth-order valence-electron chi connectivity index (χ4n) is 1.29. The van der Waals surface area contributed by atoms with Crippen LogP contribution in [-0.2, 0) is 11.2 Å². The van der Waals surface area contributed by atoms with E-state index in [9.17, 15) is 9.18 Å². The highest BCUT2D eigenvalue weighted by Crippen LogP contribution is 2.07. The minimum Gasteiger partial charge on any atom is -0.391 e. The van der Waals surface area contributed by atoms with Crippen LogP contribution in [0.25, 0.3) is 0 Å². The van der Waals surface area contributed by atoms with Gasteiger partial charge in [0.1, 0.15) is 5.82 Å². The van der Waals surface area contributed by atoms with Crippen LogP contribution in [0.15, 0.2) is 24.3 Å². The van der Waals surface area contributed by atoms with Crippen molar-refractivity contribution in [1.29, 1.82) is 0 Å². The van der Waals surface area contributed by atoms with Crippen molar-refractivity contribution in [2.75, 3.05) is 0 Å². The van der Waals surface area contributed by atoms with Crippen LogP contribution in [0, 0.1) is 5.82 Å². The van der Waals surface area contributed by atoms with Crippen molar-refractivity contribution in [2.45, 2.75) is 25.8 Å². The second kappa shape index (κ2) is 5.23. The van der Waals surface area contributed by atoms with E-state index in [0.717, 1.165) is 0 Å². The van der Waals surface area contributed by atoms with E-state index in [1.54, 1.807) is 26.0 Å². The van der Waals surface area contributed by atoms with Gasteiger partial charge in [-0.05, 0) is 31.5 Å². The van der Waals surface area contributed by atoms with E-state index in [4.69, 9.17) is 18.0 Å². The van der Waals surface area contributed by atoms with Gasteiger partial charge in [-0.25, -0.2) is 4.39 Å². The first-order chi connectivity index (χ1) is 7.81. The molecule has 3 nitrogen and oxygen atoms in total. The highest BCUT2D eigenvalue weighted by molar-refractivity contribution is 7.80. The fraction of sp³-hybridized carbons (Fsp3) is 0.333. The molecule has 0 spiro atoms. The quantitative estimate of drug-likeness (QED) is 0.802. The van der Waals surface area contributed by atoms with E-state index in [1.165, 1.54) is 12.1 Å². The molecule has 0 saturated heterocycles. The van der Waals surface area contributed by atoms with Crippen molar-refractivity contribution in [2.24, 2.45) is 5.73 Å². The Hall–Kier alpha value is -1.49. The number of thiocarbonyl (C=S) groups is 1. The predicted molar refractivity (Wildman–Crippen MR) is 69.1 cm³/mol. The first kappa shape index (κ1) is 13.6. The van der Waals surface area contributed by atoms with Gasteiger partial charge >= 0.3 is 0 Å². The summed E-state index contributed by atoms with van der Waals surface area (Å²) in [6, 6.07) is 5.92. The van der Waals surface area contributed by atoms with Crippen molar-refractivity contribution in [3.05, 3.63) is 35.6 Å². The lowest BCUT2D eigenvalue weighted by Gasteiger charge is -2.24. The minimum atomic E-state index is -0.736. The molecule has 1 aromatic carbocycles. The standard InChI is InChI=1S/C12H15FN2OS/c1-12(2,11(14)17)15-10(16)7-8-4-3-5-9(13)6-8/h3-6H,7H2,1-2H3,(H2,14,17)(H,15,16). The maximum Gasteiger partial charge on any atom is 0.225 e. The highest BCUT2D eigenvalue weighted by atomic mass is 32.1. The molecule has 3 N–H and O–H groups in total. The molecule has 92 valence electrons. The molecular weight excluding hydrogens is 239 g/mol. The van der Waals surface area contributed by atoms with Crippen LogP contribution in [0.3, 0.4) is 0 Å². The Morgan fingerprint density at radius 3 is 2.71 bits per heavy atom. The molecule has 0 aliphatic heterocycles. The summed E-state index contributed by atoms with van der Waals surface area (Å²) < 4.78 is 12.9. The van der Waals surface area contributed by atoms with Gasteiger partial charge in [0, 0.05) is 0 Å². The van der Waals surface area contributed by atoms with E-state index >= 15 is 0 Å². The first-order valence-electron chi connectivity index (χ1n) is 5.16. The van der Waals surface area contributed by atoms with E-state index in [1.807, 2.05) is 0 Å². The third-order valence-electron chi connectivity index (χ3n) is 2.32. The van der Waals surface area contributed by atoms with Crippen LogP contribution in [0.1, 0.15) is 19.4 Å². The summed E-state index contributed by atoms with van der Waals surface area (Å²) >= 11 is 4.84. The molecule has 1 rings (SSSR count). The number of rotatable bonds is 4. The molecule has 0 unspecified atom stereocenters. The first-order valence-corrected chi connectivity index (χ1v) is 5.57. The molecule has 17 heavy (non-hydrogen) atoms. The summed E-state index contributed by atoms with van der Waals surface area (Å²) in [7, 11) is 0. The molecule has 0 saturated carbocycles. The van der Waals surface area contributed by atoms with Crippen LogP contribution < -0.4 is 11.1 Å². The molecule has 0 aliphatic rings. The number of carbonyl (C=O) groups is 1. The van der Waals surface area contributed by atoms with Crippen LogP contribution in [-0.4, -0.2) is 16.4 Å². The number of hydrogen-bond donors (Lipinski definition) is 2. The van der Waals surface area contributed by atoms with Gasteiger partial charge in [-0.2, -0.15) is 0 Å².